The highest BCUT2D eigenvalue weighted by Crippen LogP contribution is 2.36. The van der Waals surface area contributed by atoms with E-state index in [1.165, 1.54) is 25.3 Å². The summed E-state index contributed by atoms with van der Waals surface area (Å²) in [4.78, 5) is 13.9. The number of carbonyl (C=O) groups is 1. The van der Waals surface area contributed by atoms with E-state index >= 15 is 0 Å². The number of benzene rings is 1. The molecule has 1 aliphatic heterocycles. The highest BCUT2D eigenvalue weighted by molar-refractivity contribution is 5.99. The fourth-order valence-electron chi connectivity index (χ4n) is 3.58. The van der Waals surface area contributed by atoms with Crippen LogP contribution >= 0.6 is 0 Å². The third-order valence-electron chi connectivity index (χ3n) is 5.06. The maximum Gasteiger partial charge on any atom is 0.343 e. The Morgan fingerprint density at radius 3 is 2.79 bits per heavy atom. The lowest BCUT2D eigenvalue weighted by molar-refractivity contribution is 0.0697. The summed E-state index contributed by atoms with van der Waals surface area (Å²) < 4.78 is 24.0. The summed E-state index contributed by atoms with van der Waals surface area (Å²) in [5, 5.41) is 20.8. The quantitative estimate of drug-likeness (QED) is 0.693. The first-order valence-electron chi connectivity index (χ1n) is 8.89. The second-order valence-corrected chi connectivity index (χ2v) is 6.64. The average molecular weight is 386 g/mol. The Hall–Kier alpha value is -3.36. The molecule has 0 unspecified atom stereocenters. The van der Waals surface area contributed by atoms with Gasteiger partial charge in [0.25, 0.3) is 0 Å². The highest BCUT2D eigenvalue weighted by atomic mass is 19.1. The van der Waals surface area contributed by atoms with E-state index in [1.807, 2.05) is 11.0 Å². The first kappa shape index (κ1) is 18.0. The lowest BCUT2D eigenvalue weighted by Gasteiger charge is -2.31. The molecule has 0 spiro atoms. The topological polar surface area (TPSA) is 104 Å². The molecule has 1 aliphatic rings. The molecule has 1 fully saturated rings. The van der Waals surface area contributed by atoms with E-state index in [-0.39, 0.29) is 22.9 Å². The van der Waals surface area contributed by atoms with Crippen molar-refractivity contribution < 1.29 is 23.6 Å². The predicted octanol–water partition coefficient (Wildman–Crippen LogP) is 3.29. The number of methoxy groups -OCH3 is 1. The predicted molar refractivity (Wildman–Crippen MR) is 98.2 cm³/mol. The summed E-state index contributed by atoms with van der Waals surface area (Å²) in [5.41, 5.74) is 1.44. The molecule has 28 heavy (non-hydrogen) atoms. The first-order chi connectivity index (χ1) is 13.6. The summed E-state index contributed by atoms with van der Waals surface area (Å²) in [6.45, 7) is 1.28. The Morgan fingerprint density at radius 1 is 1.36 bits per heavy atom. The molecule has 1 aromatic carbocycles. The molecule has 3 heterocycles. The van der Waals surface area contributed by atoms with Crippen LogP contribution in [-0.2, 0) is 0 Å². The molecule has 4 rings (SSSR count). The number of aromatic amines is 1. The van der Waals surface area contributed by atoms with Gasteiger partial charge in [-0.2, -0.15) is 5.10 Å². The fourth-order valence-corrected chi connectivity index (χ4v) is 3.58. The third-order valence-corrected chi connectivity index (χ3v) is 5.06. The highest BCUT2D eigenvalue weighted by Gasteiger charge is 2.31. The summed E-state index contributed by atoms with van der Waals surface area (Å²) in [7, 11) is 1.34. The number of halogens is 1. The fraction of sp³-hybridized carbons (Fsp3) is 0.316. The van der Waals surface area contributed by atoms with Gasteiger partial charge in [-0.15, -0.1) is 0 Å². The van der Waals surface area contributed by atoms with Gasteiger partial charge in [0.05, 0.1) is 7.11 Å². The molecule has 0 saturated carbocycles. The molecule has 0 bridgehead atoms. The molecule has 0 radical (unpaired) electrons. The van der Waals surface area contributed by atoms with Gasteiger partial charge in [0.1, 0.15) is 0 Å². The van der Waals surface area contributed by atoms with Gasteiger partial charge in [-0.05, 0) is 37.1 Å². The number of aromatic carboxylic acids is 1. The number of rotatable bonds is 5. The standard InChI is InChI=1S/C19H19FN4O4/c1-27-15-10-12(2-3-13(15)20)17-16(19(25)26)18(23-28-17)24-8-5-11(6-9-24)14-4-7-21-22-14/h2-4,7,10-11H,5-6,8-9H2,1H3,(H,21,22)(H,25,26). The molecule has 0 atom stereocenters. The van der Waals surface area contributed by atoms with Crippen LogP contribution in [0.2, 0.25) is 0 Å². The summed E-state index contributed by atoms with van der Waals surface area (Å²) in [5.74, 6) is -0.966. The number of carboxylic acid groups (broad SMARTS) is 1. The van der Waals surface area contributed by atoms with E-state index in [0.717, 1.165) is 18.5 Å². The number of hydrogen-bond acceptors (Lipinski definition) is 6. The molecule has 9 heteroatoms. The van der Waals surface area contributed by atoms with E-state index in [9.17, 15) is 14.3 Å². The van der Waals surface area contributed by atoms with Crippen LogP contribution in [0.15, 0.2) is 35.0 Å². The van der Waals surface area contributed by atoms with E-state index in [1.54, 1.807) is 6.20 Å². The second kappa shape index (κ2) is 7.34. The molecule has 3 aromatic rings. The monoisotopic (exact) mass is 386 g/mol. The zero-order valence-corrected chi connectivity index (χ0v) is 15.2. The zero-order chi connectivity index (χ0) is 19.7. The Kier molecular flexibility index (Phi) is 4.72. The van der Waals surface area contributed by atoms with Crippen molar-refractivity contribution in [2.75, 3.05) is 25.1 Å². The van der Waals surface area contributed by atoms with Crippen molar-refractivity contribution in [3.63, 3.8) is 0 Å². The van der Waals surface area contributed by atoms with Gasteiger partial charge >= 0.3 is 5.97 Å². The van der Waals surface area contributed by atoms with Gasteiger partial charge in [-0.25, -0.2) is 9.18 Å². The number of hydrogen-bond donors (Lipinski definition) is 2. The molecule has 146 valence electrons. The number of ether oxygens (including phenoxy) is 1. The minimum atomic E-state index is -1.15. The van der Waals surface area contributed by atoms with Crippen LogP contribution in [-0.4, -0.2) is 46.6 Å². The molecule has 1 saturated heterocycles. The molecular weight excluding hydrogens is 367 g/mol. The molecular formula is C19H19FN4O4. The Bertz CT molecular complexity index is 978. The maximum absolute atomic E-state index is 13.7. The average Bonchev–Trinajstić information content (AvgIpc) is 3.38. The Balaban J connectivity index is 1.62. The maximum atomic E-state index is 13.7. The number of anilines is 1. The number of carboxylic acids is 1. The van der Waals surface area contributed by atoms with Crippen molar-refractivity contribution in [2.24, 2.45) is 0 Å². The number of nitrogens with one attached hydrogen (secondary N) is 1. The van der Waals surface area contributed by atoms with Crippen molar-refractivity contribution in [2.45, 2.75) is 18.8 Å². The first-order valence-corrected chi connectivity index (χ1v) is 8.89. The normalized spacial score (nSPS) is 15.0. The van der Waals surface area contributed by atoms with Gasteiger partial charge in [-0.1, -0.05) is 5.16 Å². The molecule has 2 N–H and O–H groups in total. The molecule has 2 aromatic heterocycles. The number of H-pyrrole nitrogens is 1. The van der Waals surface area contributed by atoms with Crippen molar-refractivity contribution in [3.8, 4) is 17.1 Å². The van der Waals surface area contributed by atoms with Crippen LogP contribution in [0.1, 0.15) is 34.8 Å². The Labute approximate surface area is 159 Å². The largest absolute Gasteiger partial charge is 0.494 e. The van der Waals surface area contributed by atoms with E-state index in [4.69, 9.17) is 9.26 Å². The molecule has 0 aliphatic carbocycles. The minimum absolute atomic E-state index is 0.00663. The van der Waals surface area contributed by atoms with Crippen molar-refractivity contribution in [1.29, 1.82) is 0 Å². The second-order valence-electron chi connectivity index (χ2n) is 6.64. The smallest absolute Gasteiger partial charge is 0.343 e. The van der Waals surface area contributed by atoms with Crippen molar-refractivity contribution >= 4 is 11.8 Å². The van der Waals surface area contributed by atoms with Crippen LogP contribution in [0.25, 0.3) is 11.3 Å². The summed E-state index contributed by atoms with van der Waals surface area (Å²) in [6, 6.07) is 6.01. The van der Waals surface area contributed by atoms with Crippen molar-refractivity contribution in [1.82, 2.24) is 15.4 Å². The Morgan fingerprint density at radius 2 is 2.14 bits per heavy atom. The third kappa shape index (κ3) is 3.19. The van der Waals surface area contributed by atoms with E-state index in [0.29, 0.717) is 24.6 Å². The summed E-state index contributed by atoms with van der Waals surface area (Å²) >= 11 is 0. The summed E-state index contributed by atoms with van der Waals surface area (Å²) in [6.07, 6.45) is 3.41. The zero-order valence-electron chi connectivity index (χ0n) is 15.2. The number of nitrogens with zero attached hydrogens (tertiary/aromatic N) is 3. The van der Waals surface area contributed by atoms with Crippen molar-refractivity contribution in [3.05, 3.63) is 47.5 Å². The number of aromatic nitrogens is 3. The van der Waals surface area contributed by atoms with Crippen LogP contribution < -0.4 is 9.64 Å². The SMILES string of the molecule is COc1cc(-c2onc(N3CCC(c4ccn[nH]4)CC3)c2C(=O)O)ccc1F. The van der Waals surface area contributed by atoms with Gasteiger partial charge in [0.2, 0.25) is 0 Å². The van der Waals surface area contributed by atoms with Crippen LogP contribution in [0.4, 0.5) is 10.2 Å². The molecule has 8 nitrogen and oxygen atoms in total. The van der Waals surface area contributed by atoms with E-state index < -0.39 is 11.8 Å². The van der Waals surface area contributed by atoms with Gasteiger partial charge in [0.15, 0.2) is 28.7 Å². The van der Waals surface area contributed by atoms with Crippen LogP contribution in [0.3, 0.4) is 0 Å². The van der Waals surface area contributed by atoms with Gasteiger partial charge < -0.3 is 19.3 Å². The van der Waals surface area contributed by atoms with Gasteiger partial charge in [-0.3, -0.25) is 5.10 Å². The van der Waals surface area contributed by atoms with E-state index in [2.05, 4.69) is 15.4 Å². The van der Waals surface area contributed by atoms with Gasteiger partial charge in [0, 0.05) is 36.5 Å². The lowest BCUT2D eigenvalue weighted by Crippen LogP contribution is -2.34. The van der Waals surface area contributed by atoms with Crippen LogP contribution in [0, 0.1) is 5.82 Å². The lowest BCUT2D eigenvalue weighted by atomic mass is 9.93. The van der Waals surface area contributed by atoms with Crippen LogP contribution in [0.5, 0.6) is 5.75 Å². The number of piperidine rings is 1. The molecule has 0 amide bonds. The minimum Gasteiger partial charge on any atom is -0.494 e.